The van der Waals surface area contributed by atoms with Gasteiger partial charge >= 0.3 is 12.0 Å². The van der Waals surface area contributed by atoms with Crippen LogP contribution in [0.5, 0.6) is 5.88 Å². The zero-order valence-corrected chi connectivity index (χ0v) is 14.2. The predicted molar refractivity (Wildman–Crippen MR) is 90.1 cm³/mol. The number of pyridine rings is 1. The number of aromatic nitrogens is 4. The predicted octanol–water partition coefficient (Wildman–Crippen LogP) is 2.71. The molecule has 0 spiro atoms. The van der Waals surface area contributed by atoms with Gasteiger partial charge in [-0.1, -0.05) is 9.61 Å². The van der Waals surface area contributed by atoms with Crippen LogP contribution in [0.2, 0.25) is 0 Å². The Labute approximate surface area is 155 Å². The number of nitrogens with zero attached hydrogens (tertiary/aromatic N) is 6. The maximum Gasteiger partial charge on any atom is 0.417 e. The van der Waals surface area contributed by atoms with Gasteiger partial charge in [0.2, 0.25) is 11.5 Å². The fourth-order valence-corrected chi connectivity index (χ4v) is 2.97. The van der Waals surface area contributed by atoms with Crippen molar-refractivity contribution in [2.24, 2.45) is 0 Å². The Kier molecular flexibility index (Phi) is 4.24. The van der Waals surface area contributed by atoms with E-state index in [1.54, 1.807) is 12.1 Å². The molecule has 1 unspecified atom stereocenters. The molecular formula is C16H13F3N6O3. The van der Waals surface area contributed by atoms with Crippen molar-refractivity contribution < 1.29 is 22.8 Å². The van der Waals surface area contributed by atoms with Crippen LogP contribution in [0.3, 0.4) is 0 Å². The third kappa shape index (κ3) is 3.40. The zero-order chi connectivity index (χ0) is 19.9. The summed E-state index contributed by atoms with van der Waals surface area (Å²) in [6, 6.07) is 5.43. The van der Waals surface area contributed by atoms with E-state index in [-0.39, 0.29) is 17.8 Å². The van der Waals surface area contributed by atoms with Crippen molar-refractivity contribution in [2.75, 3.05) is 18.0 Å². The van der Waals surface area contributed by atoms with Gasteiger partial charge in [0, 0.05) is 31.3 Å². The van der Waals surface area contributed by atoms with Crippen LogP contribution < -0.4 is 9.64 Å². The fourth-order valence-electron chi connectivity index (χ4n) is 2.97. The van der Waals surface area contributed by atoms with Gasteiger partial charge in [-0.3, -0.25) is 0 Å². The number of alkyl halides is 3. The van der Waals surface area contributed by atoms with Crippen molar-refractivity contribution in [1.82, 2.24) is 19.6 Å². The molecule has 0 N–H and O–H groups in total. The summed E-state index contributed by atoms with van der Waals surface area (Å²) in [6.07, 6.45) is -2.27. The first-order chi connectivity index (χ1) is 13.3. The van der Waals surface area contributed by atoms with Gasteiger partial charge in [-0.15, -0.1) is 0 Å². The number of anilines is 1. The van der Waals surface area contributed by atoms with Crippen molar-refractivity contribution in [3.63, 3.8) is 0 Å². The van der Waals surface area contributed by atoms with Gasteiger partial charge < -0.3 is 19.8 Å². The van der Waals surface area contributed by atoms with Gasteiger partial charge in [-0.25, -0.2) is 9.97 Å². The summed E-state index contributed by atoms with van der Waals surface area (Å²) in [5.41, 5.74) is -0.483. The molecule has 1 atom stereocenters. The molecule has 12 heteroatoms. The SMILES string of the molecule is O=[N+]([O-])c1cnc2ccc(N3CCC(Oc4ccc(C(F)(F)F)cn4)C3)nn12. The molecule has 1 aliphatic heterocycles. The molecule has 1 aliphatic rings. The number of imidazole rings is 1. The summed E-state index contributed by atoms with van der Waals surface area (Å²) in [5, 5.41) is 15.3. The maximum absolute atomic E-state index is 12.6. The van der Waals surface area contributed by atoms with Gasteiger partial charge in [0.25, 0.3) is 0 Å². The highest BCUT2D eigenvalue weighted by Crippen LogP contribution is 2.30. The summed E-state index contributed by atoms with van der Waals surface area (Å²) in [5.74, 6) is 0.381. The van der Waals surface area contributed by atoms with Crippen LogP contribution in [0.15, 0.2) is 36.7 Å². The molecule has 146 valence electrons. The molecule has 4 heterocycles. The van der Waals surface area contributed by atoms with Crippen molar-refractivity contribution >= 4 is 17.3 Å². The lowest BCUT2D eigenvalue weighted by molar-refractivity contribution is -0.391. The molecule has 0 radical (unpaired) electrons. The zero-order valence-electron chi connectivity index (χ0n) is 14.2. The number of hydrogen-bond donors (Lipinski definition) is 0. The summed E-state index contributed by atoms with van der Waals surface area (Å²) < 4.78 is 44.6. The van der Waals surface area contributed by atoms with Crippen molar-refractivity contribution in [3.05, 3.63) is 52.3 Å². The molecular weight excluding hydrogens is 381 g/mol. The Morgan fingerprint density at radius 3 is 2.68 bits per heavy atom. The quantitative estimate of drug-likeness (QED) is 0.496. The average Bonchev–Trinajstić information content (AvgIpc) is 3.27. The standard InChI is InChI=1S/C16H13F3N6O3/c17-16(18,19)10-1-4-14(21-7-10)28-11-5-6-23(9-11)13-3-2-12-20-8-15(25(26)27)24(12)22-13/h1-4,7-8,11H,5-6,9H2. The topological polar surface area (TPSA) is 98.7 Å². The van der Waals surface area contributed by atoms with Crippen LogP contribution in [-0.2, 0) is 6.18 Å². The summed E-state index contributed by atoms with van der Waals surface area (Å²) in [7, 11) is 0. The molecule has 1 fully saturated rings. The Morgan fingerprint density at radius 2 is 2.00 bits per heavy atom. The van der Waals surface area contributed by atoms with Crippen LogP contribution in [-0.4, -0.2) is 43.7 Å². The molecule has 0 amide bonds. The van der Waals surface area contributed by atoms with Gasteiger partial charge in [-0.05, 0) is 17.1 Å². The highest BCUT2D eigenvalue weighted by molar-refractivity contribution is 5.49. The molecule has 4 rings (SSSR count). The van der Waals surface area contributed by atoms with Crippen molar-refractivity contribution in [3.8, 4) is 5.88 Å². The van der Waals surface area contributed by atoms with Crippen LogP contribution in [0.1, 0.15) is 12.0 Å². The van der Waals surface area contributed by atoms with Crippen LogP contribution in [0, 0.1) is 10.1 Å². The molecule has 0 bridgehead atoms. The fraction of sp³-hybridized carbons (Fsp3) is 0.312. The highest BCUT2D eigenvalue weighted by atomic mass is 19.4. The molecule has 0 aromatic carbocycles. The Morgan fingerprint density at radius 1 is 1.18 bits per heavy atom. The van der Waals surface area contributed by atoms with Gasteiger partial charge in [0.15, 0.2) is 5.82 Å². The van der Waals surface area contributed by atoms with Crippen molar-refractivity contribution in [1.29, 1.82) is 0 Å². The van der Waals surface area contributed by atoms with E-state index in [9.17, 15) is 23.3 Å². The molecule has 3 aromatic heterocycles. The number of halogens is 3. The van der Waals surface area contributed by atoms with E-state index >= 15 is 0 Å². The molecule has 3 aromatic rings. The van der Waals surface area contributed by atoms with Gasteiger partial charge in [-0.2, -0.15) is 13.2 Å². The summed E-state index contributed by atoms with van der Waals surface area (Å²) in [6.45, 7) is 0.996. The molecule has 9 nitrogen and oxygen atoms in total. The smallest absolute Gasteiger partial charge is 0.417 e. The van der Waals surface area contributed by atoms with Gasteiger partial charge in [0.1, 0.15) is 12.3 Å². The van der Waals surface area contributed by atoms with Crippen LogP contribution in [0.25, 0.3) is 5.65 Å². The van der Waals surface area contributed by atoms with E-state index in [1.807, 2.05) is 4.90 Å². The minimum atomic E-state index is -4.45. The second-order valence-electron chi connectivity index (χ2n) is 6.19. The van der Waals surface area contributed by atoms with Crippen LogP contribution >= 0.6 is 0 Å². The largest absolute Gasteiger partial charge is 0.472 e. The number of rotatable bonds is 4. The first-order valence-electron chi connectivity index (χ1n) is 8.25. The number of ether oxygens (including phenoxy) is 1. The first kappa shape index (κ1) is 17.9. The normalized spacial score (nSPS) is 17.2. The lowest BCUT2D eigenvalue weighted by Crippen LogP contribution is -2.26. The second kappa shape index (κ2) is 6.62. The molecule has 28 heavy (non-hydrogen) atoms. The summed E-state index contributed by atoms with van der Waals surface area (Å²) in [4.78, 5) is 20.0. The lowest BCUT2D eigenvalue weighted by Gasteiger charge is -2.17. The van der Waals surface area contributed by atoms with E-state index < -0.39 is 16.7 Å². The Bertz CT molecular complexity index is 1020. The number of fused-ring (bicyclic) bond motifs is 1. The maximum atomic E-state index is 12.6. The Balaban J connectivity index is 1.46. The van der Waals surface area contributed by atoms with E-state index in [2.05, 4.69) is 15.1 Å². The van der Waals surface area contributed by atoms with E-state index in [0.29, 0.717) is 31.0 Å². The minimum absolute atomic E-state index is 0.105. The second-order valence-corrected chi connectivity index (χ2v) is 6.19. The number of nitro groups is 1. The molecule has 1 saturated heterocycles. The molecule has 0 aliphatic carbocycles. The third-order valence-corrected chi connectivity index (χ3v) is 4.34. The number of hydrogen-bond acceptors (Lipinski definition) is 7. The Hall–Kier alpha value is -3.44. The lowest BCUT2D eigenvalue weighted by atomic mass is 10.3. The summed E-state index contributed by atoms with van der Waals surface area (Å²) >= 11 is 0. The van der Waals surface area contributed by atoms with Crippen molar-refractivity contribution in [2.45, 2.75) is 18.7 Å². The van der Waals surface area contributed by atoms with Crippen LogP contribution in [0.4, 0.5) is 24.8 Å². The van der Waals surface area contributed by atoms with E-state index in [1.165, 1.54) is 6.07 Å². The van der Waals surface area contributed by atoms with Gasteiger partial charge in [0.05, 0.1) is 12.1 Å². The average molecular weight is 394 g/mol. The molecule has 0 saturated carbocycles. The minimum Gasteiger partial charge on any atom is -0.472 e. The third-order valence-electron chi connectivity index (χ3n) is 4.34. The monoisotopic (exact) mass is 394 g/mol. The highest BCUT2D eigenvalue weighted by Gasteiger charge is 2.31. The van der Waals surface area contributed by atoms with E-state index in [0.717, 1.165) is 23.0 Å². The first-order valence-corrected chi connectivity index (χ1v) is 8.25. The van der Waals surface area contributed by atoms with E-state index in [4.69, 9.17) is 4.74 Å².